The number of hydrogen-bond acceptors (Lipinski definition) is 4. The molecule has 1 fully saturated rings. The zero-order valence-electron chi connectivity index (χ0n) is 17.1. The van der Waals surface area contributed by atoms with Gasteiger partial charge in [-0.25, -0.2) is 4.98 Å². The summed E-state index contributed by atoms with van der Waals surface area (Å²) in [5.74, 6) is 0.487. The molecule has 1 aliphatic rings. The number of rotatable bonds is 6. The van der Waals surface area contributed by atoms with Gasteiger partial charge in [0.15, 0.2) is 0 Å². The quantitative estimate of drug-likeness (QED) is 0.675. The molecule has 1 aromatic carbocycles. The minimum atomic E-state index is -0.0915. The van der Waals surface area contributed by atoms with Crippen LogP contribution in [-0.4, -0.2) is 34.9 Å². The summed E-state index contributed by atoms with van der Waals surface area (Å²) in [7, 11) is 0. The van der Waals surface area contributed by atoms with Crippen LogP contribution < -0.4 is 15.4 Å². The van der Waals surface area contributed by atoms with E-state index >= 15 is 0 Å². The Morgan fingerprint density at radius 3 is 2.83 bits per heavy atom. The number of hydrogen-bond donors (Lipinski definition) is 2. The number of imidazole rings is 1. The minimum absolute atomic E-state index is 0.0915. The Morgan fingerprint density at radius 2 is 2.03 bits per heavy atom. The van der Waals surface area contributed by atoms with Gasteiger partial charge in [-0.05, 0) is 62.0 Å². The number of ether oxygens (including phenoxy) is 1. The molecule has 3 heterocycles. The average Bonchev–Trinajstić information content (AvgIpc) is 3.16. The first-order valence-electron chi connectivity index (χ1n) is 10.2. The van der Waals surface area contributed by atoms with Crippen molar-refractivity contribution in [3.8, 4) is 5.75 Å². The highest BCUT2D eigenvalue weighted by Crippen LogP contribution is 2.27. The van der Waals surface area contributed by atoms with Gasteiger partial charge in [-0.2, -0.15) is 0 Å². The lowest BCUT2D eigenvalue weighted by molar-refractivity contribution is 0.0917. The molecule has 0 atom stereocenters. The molecule has 2 N–H and O–H groups in total. The molecule has 3 aromatic rings. The van der Waals surface area contributed by atoms with Crippen molar-refractivity contribution in [2.24, 2.45) is 5.41 Å². The van der Waals surface area contributed by atoms with Crippen molar-refractivity contribution < 1.29 is 9.53 Å². The summed E-state index contributed by atoms with van der Waals surface area (Å²) >= 11 is 0. The lowest BCUT2D eigenvalue weighted by atomic mass is 9.81. The molecular formula is C23H28N4O2. The summed E-state index contributed by atoms with van der Waals surface area (Å²) in [4.78, 5) is 17.5. The molecule has 1 amide bonds. The fourth-order valence-electron chi connectivity index (χ4n) is 3.80. The molecule has 0 saturated carbocycles. The fourth-order valence-corrected chi connectivity index (χ4v) is 3.80. The lowest BCUT2D eigenvalue weighted by Crippen LogP contribution is -2.42. The number of nitrogens with zero attached hydrogens (tertiary/aromatic N) is 2. The van der Waals surface area contributed by atoms with Gasteiger partial charge in [-0.3, -0.25) is 4.79 Å². The van der Waals surface area contributed by atoms with Gasteiger partial charge in [0.05, 0.1) is 11.3 Å². The molecule has 1 saturated heterocycles. The van der Waals surface area contributed by atoms with Gasteiger partial charge in [0.25, 0.3) is 5.91 Å². The molecular weight excluding hydrogens is 364 g/mol. The number of aryl methyl sites for hydroxylation is 1. The van der Waals surface area contributed by atoms with Crippen LogP contribution in [0.15, 0.2) is 48.8 Å². The Hall–Kier alpha value is -2.86. The van der Waals surface area contributed by atoms with Crippen molar-refractivity contribution in [3.05, 3.63) is 65.6 Å². The Kier molecular flexibility index (Phi) is 5.53. The number of benzene rings is 1. The number of carbonyl (C=O) groups excluding carboxylic acids is 1. The van der Waals surface area contributed by atoms with Crippen LogP contribution in [0.3, 0.4) is 0 Å². The molecule has 4 rings (SSSR count). The fraction of sp³-hybridized carbons (Fsp3) is 0.391. The lowest BCUT2D eigenvalue weighted by Gasteiger charge is -2.34. The molecule has 0 spiro atoms. The minimum Gasteiger partial charge on any atom is -0.486 e. The van der Waals surface area contributed by atoms with Crippen molar-refractivity contribution in [2.75, 3.05) is 19.6 Å². The van der Waals surface area contributed by atoms with Gasteiger partial charge in [-0.15, -0.1) is 0 Å². The summed E-state index contributed by atoms with van der Waals surface area (Å²) in [5, 5.41) is 6.48. The van der Waals surface area contributed by atoms with Gasteiger partial charge in [0.2, 0.25) is 0 Å². The molecule has 6 heteroatoms. The zero-order valence-corrected chi connectivity index (χ0v) is 17.1. The van der Waals surface area contributed by atoms with Crippen LogP contribution >= 0.6 is 0 Å². The van der Waals surface area contributed by atoms with Crippen molar-refractivity contribution in [1.29, 1.82) is 0 Å². The van der Waals surface area contributed by atoms with E-state index in [1.54, 1.807) is 0 Å². The van der Waals surface area contributed by atoms with Crippen LogP contribution in [0.4, 0.5) is 0 Å². The van der Waals surface area contributed by atoms with E-state index in [2.05, 4.69) is 22.5 Å². The van der Waals surface area contributed by atoms with Gasteiger partial charge < -0.3 is 19.8 Å². The standard InChI is InChI=1S/C23H28N4O2/c1-17-6-5-13-27-14-18(26-21(17)27)15-29-20-8-4-3-7-19(20)22(28)25-16-23(2)9-11-24-12-10-23/h3-8,13-14,24H,9-12,15-16H2,1-2H3,(H,25,28). The maximum atomic E-state index is 12.8. The summed E-state index contributed by atoms with van der Waals surface area (Å²) < 4.78 is 7.98. The Morgan fingerprint density at radius 1 is 1.24 bits per heavy atom. The van der Waals surface area contributed by atoms with Gasteiger partial charge in [0.1, 0.15) is 18.0 Å². The first-order chi connectivity index (χ1) is 14.0. The Labute approximate surface area is 171 Å². The SMILES string of the molecule is Cc1cccn2cc(COc3ccccc3C(=O)NCC3(C)CCNCC3)nc12. The van der Waals surface area contributed by atoms with Crippen LogP contribution in [0.2, 0.25) is 0 Å². The number of para-hydroxylation sites is 1. The third-order valence-electron chi connectivity index (χ3n) is 5.72. The molecule has 152 valence electrons. The van der Waals surface area contributed by atoms with Crippen LogP contribution in [0.25, 0.3) is 5.65 Å². The Balaban J connectivity index is 1.43. The van der Waals surface area contributed by atoms with E-state index in [-0.39, 0.29) is 11.3 Å². The summed E-state index contributed by atoms with van der Waals surface area (Å²) in [6.07, 6.45) is 6.07. The van der Waals surface area contributed by atoms with Gasteiger partial charge >= 0.3 is 0 Å². The second kappa shape index (κ2) is 8.25. The number of pyridine rings is 1. The van der Waals surface area contributed by atoms with Crippen LogP contribution in [0, 0.1) is 12.3 Å². The first kappa shape index (κ1) is 19.5. The number of nitrogens with one attached hydrogen (secondary N) is 2. The largest absolute Gasteiger partial charge is 0.486 e. The number of fused-ring (bicyclic) bond motifs is 1. The van der Waals surface area contributed by atoms with E-state index in [9.17, 15) is 4.79 Å². The normalized spacial score (nSPS) is 15.9. The number of carbonyl (C=O) groups is 1. The molecule has 0 bridgehead atoms. The predicted molar refractivity (Wildman–Crippen MR) is 113 cm³/mol. The third kappa shape index (κ3) is 4.43. The molecule has 0 aliphatic carbocycles. The van der Waals surface area contributed by atoms with Crippen LogP contribution in [-0.2, 0) is 6.61 Å². The molecule has 2 aromatic heterocycles. The van der Waals surface area contributed by atoms with E-state index in [1.807, 2.05) is 60.1 Å². The smallest absolute Gasteiger partial charge is 0.255 e. The van der Waals surface area contributed by atoms with E-state index in [1.165, 1.54) is 0 Å². The highest BCUT2D eigenvalue weighted by atomic mass is 16.5. The summed E-state index contributed by atoms with van der Waals surface area (Å²) in [5.41, 5.74) is 3.57. The van der Waals surface area contributed by atoms with Crippen LogP contribution in [0.1, 0.15) is 41.4 Å². The first-order valence-corrected chi connectivity index (χ1v) is 10.2. The molecule has 29 heavy (non-hydrogen) atoms. The van der Waals surface area contributed by atoms with E-state index in [0.29, 0.717) is 24.5 Å². The number of piperidine rings is 1. The van der Waals surface area contributed by atoms with E-state index in [0.717, 1.165) is 42.8 Å². The number of amides is 1. The van der Waals surface area contributed by atoms with Crippen molar-refractivity contribution in [3.63, 3.8) is 0 Å². The van der Waals surface area contributed by atoms with Crippen molar-refractivity contribution in [2.45, 2.75) is 33.3 Å². The average molecular weight is 393 g/mol. The topological polar surface area (TPSA) is 67.7 Å². The molecule has 0 unspecified atom stereocenters. The third-order valence-corrected chi connectivity index (χ3v) is 5.72. The molecule has 6 nitrogen and oxygen atoms in total. The predicted octanol–water partition coefficient (Wildman–Crippen LogP) is 3.34. The monoisotopic (exact) mass is 392 g/mol. The van der Waals surface area contributed by atoms with Crippen LogP contribution in [0.5, 0.6) is 5.75 Å². The summed E-state index contributed by atoms with van der Waals surface area (Å²) in [6, 6.07) is 11.4. The summed E-state index contributed by atoms with van der Waals surface area (Å²) in [6.45, 7) is 7.27. The van der Waals surface area contributed by atoms with Gasteiger partial charge in [-0.1, -0.05) is 25.1 Å². The second-order valence-electron chi connectivity index (χ2n) is 8.18. The maximum absolute atomic E-state index is 12.8. The molecule has 1 aliphatic heterocycles. The molecule has 0 radical (unpaired) electrons. The highest BCUT2D eigenvalue weighted by molar-refractivity contribution is 5.96. The second-order valence-corrected chi connectivity index (χ2v) is 8.18. The maximum Gasteiger partial charge on any atom is 0.255 e. The van der Waals surface area contributed by atoms with E-state index < -0.39 is 0 Å². The highest BCUT2D eigenvalue weighted by Gasteiger charge is 2.27. The van der Waals surface area contributed by atoms with Gasteiger partial charge in [0, 0.05) is 18.9 Å². The van der Waals surface area contributed by atoms with Crippen molar-refractivity contribution >= 4 is 11.6 Å². The number of aromatic nitrogens is 2. The zero-order chi connectivity index (χ0) is 20.3. The van der Waals surface area contributed by atoms with E-state index in [4.69, 9.17) is 4.74 Å². The van der Waals surface area contributed by atoms with Crippen molar-refractivity contribution in [1.82, 2.24) is 20.0 Å². The Bertz CT molecular complexity index is 1010.